The summed E-state index contributed by atoms with van der Waals surface area (Å²) in [7, 11) is 0. The van der Waals surface area contributed by atoms with E-state index in [1.807, 2.05) is 35.0 Å². The molecule has 0 spiro atoms. The third-order valence-electron chi connectivity index (χ3n) is 3.58. The number of carbonyl (C=O) groups excluding carboxylic acids is 1. The van der Waals surface area contributed by atoms with Crippen molar-refractivity contribution in [3.63, 3.8) is 0 Å². The summed E-state index contributed by atoms with van der Waals surface area (Å²) < 4.78 is 5.42. The Morgan fingerprint density at radius 2 is 1.68 bits per heavy atom. The van der Waals surface area contributed by atoms with Crippen LogP contribution in [0.5, 0.6) is 5.75 Å². The van der Waals surface area contributed by atoms with Crippen LogP contribution in [0.1, 0.15) is 9.75 Å². The molecule has 0 bridgehead atoms. The SMILES string of the molecule is O=C(COc1ccc(Cl)cc1)NCC(O)(c1cccs1)c1cccs1. The van der Waals surface area contributed by atoms with Gasteiger partial charge in [-0.3, -0.25) is 4.79 Å². The molecule has 2 aromatic heterocycles. The maximum Gasteiger partial charge on any atom is 0.258 e. The molecule has 0 aliphatic carbocycles. The number of aliphatic hydroxyl groups is 1. The maximum atomic E-state index is 12.1. The Bertz CT molecular complexity index is 767. The van der Waals surface area contributed by atoms with Gasteiger partial charge < -0.3 is 15.2 Å². The minimum atomic E-state index is -1.24. The predicted molar refractivity (Wildman–Crippen MR) is 102 cm³/mol. The molecule has 4 nitrogen and oxygen atoms in total. The van der Waals surface area contributed by atoms with E-state index in [2.05, 4.69) is 5.32 Å². The average Bonchev–Trinajstić information content (AvgIpc) is 3.33. The number of hydrogen-bond donors (Lipinski definition) is 2. The molecule has 3 aromatic rings. The van der Waals surface area contributed by atoms with Crippen LogP contribution in [0.4, 0.5) is 0 Å². The van der Waals surface area contributed by atoms with Gasteiger partial charge in [-0.2, -0.15) is 0 Å². The van der Waals surface area contributed by atoms with Gasteiger partial charge in [0.25, 0.3) is 5.91 Å². The number of amides is 1. The average molecular weight is 394 g/mol. The summed E-state index contributed by atoms with van der Waals surface area (Å²) in [6, 6.07) is 14.3. The number of rotatable bonds is 7. The van der Waals surface area contributed by atoms with E-state index in [4.69, 9.17) is 16.3 Å². The zero-order chi connectivity index (χ0) is 17.7. The van der Waals surface area contributed by atoms with Gasteiger partial charge >= 0.3 is 0 Å². The second-order valence-electron chi connectivity index (χ2n) is 5.33. The van der Waals surface area contributed by atoms with Gasteiger partial charge in [0, 0.05) is 14.8 Å². The van der Waals surface area contributed by atoms with Crippen molar-refractivity contribution in [1.29, 1.82) is 0 Å². The Balaban J connectivity index is 1.61. The largest absolute Gasteiger partial charge is 0.484 e. The summed E-state index contributed by atoms with van der Waals surface area (Å²) in [4.78, 5) is 13.7. The van der Waals surface area contributed by atoms with Crippen LogP contribution in [0.15, 0.2) is 59.3 Å². The number of hydrogen-bond acceptors (Lipinski definition) is 5. The van der Waals surface area contributed by atoms with E-state index >= 15 is 0 Å². The second kappa shape index (κ2) is 8.01. The third kappa shape index (κ3) is 4.41. The Kier molecular flexibility index (Phi) is 5.75. The van der Waals surface area contributed by atoms with Crippen molar-refractivity contribution in [2.75, 3.05) is 13.2 Å². The quantitative estimate of drug-likeness (QED) is 0.640. The molecule has 0 saturated heterocycles. The molecule has 0 fully saturated rings. The Morgan fingerprint density at radius 3 is 2.20 bits per heavy atom. The lowest BCUT2D eigenvalue weighted by molar-refractivity contribution is -0.124. The number of nitrogens with one attached hydrogen (secondary N) is 1. The van der Waals surface area contributed by atoms with Gasteiger partial charge in [-0.25, -0.2) is 0 Å². The molecule has 130 valence electrons. The standard InChI is InChI=1S/C18H16ClNO3S2/c19-13-5-7-14(8-6-13)23-11-17(21)20-12-18(22,15-3-1-9-24-15)16-4-2-10-25-16/h1-10,22H,11-12H2,(H,20,21). The smallest absolute Gasteiger partial charge is 0.258 e. The molecule has 0 unspecified atom stereocenters. The minimum Gasteiger partial charge on any atom is -0.484 e. The van der Waals surface area contributed by atoms with Crippen molar-refractivity contribution < 1.29 is 14.6 Å². The van der Waals surface area contributed by atoms with Crippen LogP contribution in [-0.4, -0.2) is 24.2 Å². The van der Waals surface area contributed by atoms with Crippen LogP contribution in [0.25, 0.3) is 0 Å². The Hall–Kier alpha value is -1.86. The van der Waals surface area contributed by atoms with E-state index in [9.17, 15) is 9.90 Å². The van der Waals surface area contributed by atoms with Crippen molar-refractivity contribution in [3.05, 3.63) is 74.1 Å². The van der Waals surface area contributed by atoms with E-state index in [0.29, 0.717) is 10.8 Å². The number of carbonyl (C=O) groups is 1. The molecule has 7 heteroatoms. The zero-order valence-corrected chi connectivity index (χ0v) is 15.5. The summed E-state index contributed by atoms with van der Waals surface area (Å²) >= 11 is 8.72. The van der Waals surface area contributed by atoms with Crippen molar-refractivity contribution in [3.8, 4) is 5.75 Å². The first-order valence-corrected chi connectivity index (χ1v) is 9.67. The Morgan fingerprint density at radius 1 is 1.08 bits per heavy atom. The number of benzene rings is 1. The highest BCUT2D eigenvalue weighted by Gasteiger charge is 2.34. The van der Waals surface area contributed by atoms with Crippen LogP contribution >= 0.6 is 34.3 Å². The zero-order valence-electron chi connectivity index (χ0n) is 13.1. The van der Waals surface area contributed by atoms with Crippen molar-refractivity contribution in [2.45, 2.75) is 5.60 Å². The van der Waals surface area contributed by atoms with Gasteiger partial charge in [-0.05, 0) is 47.2 Å². The van der Waals surface area contributed by atoms with Gasteiger partial charge in [-0.1, -0.05) is 23.7 Å². The number of ether oxygens (including phenoxy) is 1. The molecular weight excluding hydrogens is 378 g/mol. The summed E-state index contributed by atoms with van der Waals surface area (Å²) in [5, 5.41) is 18.3. The van der Waals surface area contributed by atoms with Crippen molar-refractivity contribution in [1.82, 2.24) is 5.32 Å². The molecule has 0 aliphatic heterocycles. The highest BCUT2D eigenvalue weighted by molar-refractivity contribution is 7.11. The normalized spacial score (nSPS) is 11.3. The molecule has 1 amide bonds. The maximum absolute atomic E-state index is 12.1. The van der Waals surface area contributed by atoms with E-state index < -0.39 is 5.60 Å². The first kappa shape index (κ1) is 17.9. The first-order chi connectivity index (χ1) is 12.1. The molecule has 25 heavy (non-hydrogen) atoms. The molecule has 2 heterocycles. The minimum absolute atomic E-state index is 0.0802. The van der Waals surface area contributed by atoms with Crippen LogP contribution in [-0.2, 0) is 10.4 Å². The molecule has 0 aliphatic rings. The first-order valence-electron chi connectivity index (χ1n) is 7.53. The van der Waals surface area contributed by atoms with Crippen molar-refractivity contribution >= 4 is 40.2 Å². The highest BCUT2D eigenvalue weighted by Crippen LogP contribution is 2.34. The molecule has 1 aromatic carbocycles. The van der Waals surface area contributed by atoms with E-state index in [0.717, 1.165) is 9.75 Å². The van der Waals surface area contributed by atoms with Crippen molar-refractivity contribution in [2.24, 2.45) is 0 Å². The lowest BCUT2D eigenvalue weighted by Crippen LogP contribution is -2.42. The van der Waals surface area contributed by atoms with E-state index in [1.165, 1.54) is 22.7 Å². The number of halogens is 1. The predicted octanol–water partition coefficient (Wildman–Crippen LogP) is 3.89. The summed E-state index contributed by atoms with van der Waals surface area (Å²) in [5.74, 6) is 0.257. The van der Waals surface area contributed by atoms with Gasteiger partial charge in [-0.15, -0.1) is 22.7 Å². The summed E-state index contributed by atoms with van der Waals surface area (Å²) in [6.45, 7) is -0.0522. The summed E-state index contributed by atoms with van der Waals surface area (Å²) in [6.07, 6.45) is 0. The monoisotopic (exact) mass is 393 g/mol. The highest BCUT2D eigenvalue weighted by atomic mass is 35.5. The van der Waals surface area contributed by atoms with E-state index in [-0.39, 0.29) is 19.1 Å². The topological polar surface area (TPSA) is 58.6 Å². The van der Waals surface area contributed by atoms with Crippen LogP contribution in [0, 0.1) is 0 Å². The number of thiophene rings is 2. The molecule has 3 rings (SSSR count). The molecular formula is C18H16ClNO3S2. The fraction of sp³-hybridized carbons (Fsp3) is 0.167. The lowest BCUT2D eigenvalue weighted by atomic mass is 10.00. The fourth-order valence-corrected chi connectivity index (χ4v) is 4.15. The molecule has 2 N–H and O–H groups in total. The lowest BCUT2D eigenvalue weighted by Gasteiger charge is -2.26. The fourth-order valence-electron chi connectivity index (χ4n) is 2.28. The molecule has 0 radical (unpaired) electrons. The molecule has 0 saturated carbocycles. The van der Waals surface area contributed by atoms with Gasteiger partial charge in [0.1, 0.15) is 11.4 Å². The van der Waals surface area contributed by atoms with Crippen LogP contribution in [0.2, 0.25) is 5.02 Å². The third-order valence-corrected chi connectivity index (χ3v) is 5.88. The van der Waals surface area contributed by atoms with E-state index in [1.54, 1.807) is 24.3 Å². The Labute approximate surface area is 158 Å². The van der Waals surface area contributed by atoms with Gasteiger partial charge in [0.05, 0.1) is 6.54 Å². The molecule has 0 atom stereocenters. The van der Waals surface area contributed by atoms with Gasteiger partial charge in [0.2, 0.25) is 0 Å². The van der Waals surface area contributed by atoms with Gasteiger partial charge in [0.15, 0.2) is 6.61 Å². The summed E-state index contributed by atoms with van der Waals surface area (Å²) in [5.41, 5.74) is -1.24. The van der Waals surface area contributed by atoms with Crippen LogP contribution < -0.4 is 10.1 Å². The second-order valence-corrected chi connectivity index (χ2v) is 7.67. The van der Waals surface area contributed by atoms with Crippen LogP contribution in [0.3, 0.4) is 0 Å².